The summed E-state index contributed by atoms with van der Waals surface area (Å²) in [4.78, 5) is 17.5. The van der Waals surface area contributed by atoms with Crippen molar-refractivity contribution < 1.29 is 9.53 Å². The normalized spacial score (nSPS) is 19.8. The summed E-state index contributed by atoms with van der Waals surface area (Å²) in [5.41, 5.74) is 6.48. The van der Waals surface area contributed by atoms with Crippen molar-refractivity contribution in [1.82, 2.24) is 20.9 Å². The van der Waals surface area contributed by atoms with Gasteiger partial charge in [-0.2, -0.15) is 11.8 Å². The maximum absolute atomic E-state index is 12.4. The summed E-state index contributed by atoms with van der Waals surface area (Å²) in [6.07, 6.45) is 0.00739. The fourth-order valence-corrected chi connectivity index (χ4v) is 7.04. The van der Waals surface area contributed by atoms with Gasteiger partial charge in [-0.3, -0.25) is 0 Å². The van der Waals surface area contributed by atoms with Crippen LogP contribution in [0.4, 0.5) is 10.5 Å². The predicted octanol–water partition coefficient (Wildman–Crippen LogP) is 5.32. The van der Waals surface area contributed by atoms with Gasteiger partial charge in [-0.15, -0.1) is 11.3 Å². The molecule has 38 heavy (non-hydrogen) atoms. The van der Waals surface area contributed by atoms with Crippen LogP contribution in [0.1, 0.15) is 27.5 Å². The van der Waals surface area contributed by atoms with Crippen molar-refractivity contribution in [2.45, 2.75) is 17.9 Å². The first-order valence-electron chi connectivity index (χ1n) is 13.0. The number of benzene rings is 3. The maximum atomic E-state index is 12.4. The number of thioether (sulfide) groups is 1. The van der Waals surface area contributed by atoms with Crippen molar-refractivity contribution in [3.8, 4) is 11.1 Å². The van der Waals surface area contributed by atoms with E-state index in [9.17, 15) is 4.79 Å². The average molecular weight is 546 g/mol. The number of urea groups is 1. The zero-order valence-corrected chi connectivity index (χ0v) is 22.7. The molecule has 0 aliphatic carbocycles. The van der Waals surface area contributed by atoms with Gasteiger partial charge in [-0.25, -0.2) is 9.78 Å². The minimum absolute atomic E-state index is 0.00739. The number of nitrogens with one attached hydrogen (secondary N) is 4. The summed E-state index contributed by atoms with van der Waals surface area (Å²) >= 11 is 3.73. The lowest BCUT2D eigenvalue weighted by atomic mass is 10.00. The van der Waals surface area contributed by atoms with E-state index >= 15 is 0 Å². The number of rotatable bonds is 6. The van der Waals surface area contributed by atoms with Gasteiger partial charge in [0.1, 0.15) is 11.1 Å². The second-order valence-electron chi connectivity index (χ2n) is 9.46. The fourth-order valence-electron chi connectivity index (χ4n) is 4.81. The van der Waals surface area contributed by atoms with E-state index in [1.165, 1.54) is 10.3 Å². The molecule has 196 valence electrons. The molecule has 2 saturated heterocycles. The first-order chi connectivity index (χ1) is 18.7. The molecule has 0 saturated carbocycles. The smallest absolute Gasteiger partial charge is 0.319 e. The number of fused-ring (bicyclic) bond motifs is 1. The minimum Gasteiger partial charge on any atom is -0.368 e. The van der Waals surface area contributed by atoms with Gasteiger partial charge in [0.2, 0.25) is 0 Å². The molecule has 0 spiro atoms. The Kier molecular flexibility index (Phi) is 7.89. The van der Waals surface area contributed by atoms with Gasteiger partial charge in [0.25, 0.3) is 0 Å². The third-order valence-corrected chi connectivity index (χ3v) is 9.15. The molecule has 2 unspecified atom stereocenters. The van der Waals surface area contributed by atoms with Gasteiger partial charge in [0.15, 0.2) is 0 Å². The molecule has 2 atom stereocenters. The molecular weight excluding hydrogens is 514 g/mol. The lowest BCUT2D eigenvalue weighted by Gasteiger charge is -2.23. The first kappa shape index (κ1) is 25.3. The van der Waals surface area contributed by atoms with Gasteiger partial charge in [-0.1, -0.05) is 42.5 Å². The molecule has 3 heterocycles. The highest BCUT2D eigenvalue weighted by Gasteiger charge is 2.25. The Hall–Kier alpha value is -2.95. The first-order valence-corrected chi connectivity index (χ1v) is 14.9. The molecule has 2 fully saturated rings. The molecule has 0 radical (unpaired) electrons. The lowest BCUT2D eigenvalue weighted by molar-refractivity contribution is 0.0277. The summed E-state index contributed by atoms with van der Waals surface area (Å²) in [6, 6.07) is 22.3. The summed E-state index contributed by atoms with van der Waals surface area (Å²) in [6.45, 7) is 4.88. The summed E-state index contributed by atoms with van der Waals surface area (Å²) < 4.78 is 7.20. The van der Waals surface area contributed by atoms with Gasteiger partial charge in [0.05, 0.1) is 16.8 Å². The molecule has 2 aliphatic heterocycles. The molecule has 9 heteroatoms. The highest BCUT2D eigenvalue weighted by molar-refractivity contribution is 7.99. The van der Waals surface area contributed by atoms with E-state index in [0.29, 0.717) is 18.4 Å². The van der Waals surface area contributed by atoms with E-state index in [4.69, 9.17) is 9.72 Å². The monoisotopic (exact) mass is 545 g/mol. The van der Waals surface area contributed by atoms with E-state index in [0.717, 1.165) is 64.8 Å². The topological polar surface area (TPSA) is 87.3 Å². The Morgan fingerprint density at radius 1 is 1.00 bits per heavy atom. The quantitative estimate of drug-likeness (QED) is 0.262. The third kappa shape index (κ3) is 5.87. The van der Waals surface area contributed by atoms with E-state index < -0.39 is 0 Å². The maximum Gasteiger partial charge on any atom is 0.319 e. The highest BCUT2D eigenvalue weighted by Crippen LogP contribution is 2.41. The zero-order valence-electron chi connectivity index (χ0n) is 21.0. The molecule has 7 nitrogen and oxygen atoms in total. The van der Waals surface area contributed by atoms with Crippen molar-refractivity contribution in [3.63, 3.8) is 0 Å². The SMILES string of the molecule is O=C(NCc1ccccc1)Nc1ccc(-c2cc(C3CNCCS3)c3nc(C4CNCCO4)sc3c2)cc1. The van der Waals surface area contributed by atoms with Crippen LogP contribution < -0.4 is 21.3 Å². The number of morpholine rings is 1. The van der Waals surface area contributed by atoms with Crippen LogP contribution in [0.15, 0.2) is 66.7 Å². The Morgan fingerprint density at radius 3 is 2.61 bits per heavy atom. The summed E-state index contributed by atoms with van der Waals surface area (Å²) in [5, 5.41) is 14.2. The van der Waals surface area contributed by atoms with Crippen molar-refractivity contribution >= 4 is 45.0 Å². The molecule has 2 aliphatic rings. The number of hydrogen-bond acceptors (Lipinski definition) is 7. The number of thiazole rings is 1. The Morgan fingerprint density at radius 2 is 1.84 bits per heavy atom. The number of carbonyl (C=O) groups excluding carboxylic acids is 1. The van der Waals surface area contributed by atoms with E-state index in [1.54, 1.807) is 11.3 Å². The second kappa shape index (κ2) is 11.8. The van der Waals surface area contributed by atoms with Crippen LogP contribution in [0.2, 0.25) is 0 Å². The fraction of sp³-hybridized carbons (Fsp3) is 0.310. The zero-order chi connectivity index (χ0) is 25.7. The molecule has 1 aromatic heterocycles. The van der Waals surface area contributed by atoms with E-state index in [-0.39, 0.29) is 12.1 Å². The second-order valence-corrected chi connectivity index (χ2v) is 11.8. The van der Waals surface area contributed by atoms with Crippen LogP contribution in [0, 0.1) is 0 Å². The third-order valence-electron chi connectivity index (χ3n) is 6.79. The van der Waals surface area contributed by atoms with Crippen LogP contribution in [-0.2, 0) is 11.3 Å². The van der Waals surface area contributed by atoms with Crippen molar-refractivity contribution in [3.05, 3.63) is 82.9 Å². The van der Waals surface area contributed by atoms with Crippen molar-refractivity contribution in [2.24, 2.45) is 0 Å². The van der Waals surface area contributed by atoms with Crippen molar-refractivity contribution in [2.75, 3.05) is 43.9 Å². The van der Waals surface area contributed by atoms with Crippen LogP contribution in [0.5, 0.6) is 0 Å². The highest BCUT2D eigenvalue weighted by atomic mass is 32.2. The largest absolute Gasteiger partial charge is 0.368 e. The van der Waals surface area contributed by atoms with E-state index in [2.05, 4.69) is 45.5 Å². The van der Waals surface area contributed by atoms with Crippen LogP contribution in [-0.4, -0.2) is 49.6 Å². The lowest BCUT2D eigenvalue weighted by Crippen LogP contribution is -2.33. The standard InChI is InChI=1S/C29H31N5O2S2/c35-29(32-16-19-4-2-1-3-5-19)33-22-8-6-20(7-9-22)21-14-23(26-18-31-11-13-37-26)27-25(15-21)38-28(34-27)24-17-30-10-12-36-24/h1-9,14-15,24,26,30-31H,10-13,16-18H2,(H2,32,33,35). The molecular formula is C29H31N5O2S2. The number of anilines is 1. The number of ether oxygens (including phenoxy) is 1. The van der Waals surface area contributed by atoms with E-state index in [1.807, 2.05) is 54.2 Å². The molecule has 4 N–H and O–H groups in total. The number of carbonyl (C=O) groups is 1. The van der Waals surface area contributed by atoms with Gasteiger partial charge >= 0.3 is 6.03 Å². The van der Waals surface area contributed by atoms with Crippen LogP contribution >= 0.6 is 23.1 Å². The number of hydrogen-bond donors (Lipinski definition) is 4. The van der Waals surface area contributed by atoms with Crippen molar-refractivity contribution in [1.29, 1.82) is 0 Å². The Bertz CT molecular complexity index is 1380. The molecule has 3 aromatic carbocycles. The number of nitrogens with zero attached hydrogens (tertiary/aromatic N) is 1. The molecule has 6 rings (SSSR count). The Balaban J connectivity index is 1.23. The average Bonchev–Trinajstić information content (AvgIpc) is 3.42. The predicted molar refractivity (Wildman–Crippen MR) is 157 cm³/mol. The molecule has 2 amide bonds. The number of aromatic nitrogens is 1. The summed E-state index contributed by atoms with van der Waals surface area (Å²) in [7, 11) is 0. The molecule has 4 aromatic rings. The van der Waals surface area contributed by atoms with Crippen LogP contribution in [0.3, 0.4) is 0 Å². The summed E-state index contributed by atoms with van der Waals surface area (Å²) in [5.74, 6) is 1.09. The van der Waals surface area contributed by atoms with Gasteiger partial charge in [0, 0.05) is 49.4 Å². The number of amides is 2. The van der Waals surface area contributed by atoms with Gasteiger partial charge < -0.3 is 26.0 Å². The Labute approximate surface area is 230 Å². The molecule has 0 bridgehead atoms. The van der Waals surface area contributed by atoms with Crippen LogP contribution in [0.25, 0.3) is 21.3 Å². The van der Waals surface area contributed by atoms with Gasteiger partial charge in [-0.05, 0) is 46.5 Å². The minimum atomic E-state index is -0.219.